The summed E-state index contributed by atoms with van der Waals surface area (Å²) >= 11 is 0. The summed E-state index contributed by atoms with van der Waals surface area (Å²) in [5.74, 6) is -0.147. The second-order valence-electron chi connectivity index (χ2n) is 6.27. The van der Waals surface area contributed by atoms with E-state index >= 15 is 0 Å². The Balaban J connectivity index is 1.94. The predicted octanol–water partition coefficient (Wildman–Crippen LogP) is 2.89. The van der Waals surface area contributed by atoms with Crippen molar-refractivity contribution >= 4 is 11.8 Å². The van der Waals surface area contributed by atoms with Crippen LogP contribution in [0.3, 0.4) is 0 Å². The number of carbonyl (C=O) groups excluding carboxylic acids is 1. The van der Waals surface area contributed by atoms with Crippen LogP contribution in [0, 0.1) is 5.82 Å². The molecule has 1 aromatic rings. The Morgan fingerprint density at radius 2 is 1.82 bits per heavy atom. The van der Waals surface area contributed by atoms with Gasteiger partial charge in [-0.25, -0.2) is 9.18 Å². The molecule has 22 heavy (non-hydrogen) atoms. The third kappa shape index (κ3) is 4.02. The van der Waals surface area contributed by atoms with Crippen LogP contribution in [0.25, 0.3) is 0 Å². The van der Waals surface area contributed by atoms with E-state index in [1.807, 2.05) is 31.7 Å². The van der Waals surface area contributed by atoms with Crippen LogP contribution in [-0.4, -0.2) is 49.9 Å². The van der Waals surface area contributed by atoms with Gasteiger partial charge >= 0.3 is 6.09 Å². The minimum atomic E-state index is -0.493. The number of methoxy groups -OCH3 is 1. The van der Waals surface area contributed by atoms with Crippen LogP contribution in [0.15, 0.2) is 18.2 Å². The van der Waals surface area contributed by atoms with Crippen LogP contribution in [0.5, 0.6) is 5.75 Å². The number of nitrogens with zero attached hydrogens (tertiary/aromatic N) is 2. The molecule has 1 aromatic carbocycles. The Bertz CT molecular complexity index is 535. The van der Waals surface area contributed by atoms with Crippen molar-refractivity contribution in [1.82, 2.24) is 4.90 Å². The number of piperazine rings is 1. The molecule has 0 radical (unpaired) electrons. The number of benzene rings is 1. The van der Waals surface area contributed by atoms with Crippen LogP contribution in [-0.2, 0) is 4.74 Å². The van der Waals surface area contributed by atoms with Gasteiger partial charge in [0, 0.05) is 37.9 Å². The first kappa shape index (κ1) is 16.4. The number of carbonyl (C=O) groups is 1. The molecule has 0 aliphatic carbocycles. The van der Waals surface area contributed by atoms with E-state index in [1.165, 1.54) is 13.2 Å². The second kappa shape index (κ2) is 6.42. The van der Waals surface area contributed by atoms with Crippen LogP contribution >= 0.6 is 0 Å². The SMILES string of the molecule is COc1ccc(N2CCN(C(=O)OC(C)(C)C)CC2)cc1F. The number of amides is 1. The van der Waals surface area contributed by atoms with Gasteiger partial charge in [0.1, 0.15) is 5.60 Å². The lowest BCUT2D eigenvalue weighted by Crippen LogP contribution is -2.50. The molecule has 1 amide bonds. The third-order valence-electron chi connectivity index (χ3n) is 3.43. The Morgan fingerprint density at radius 3 is 2.32 bits per heavy atom. The van der Waals surface area contributed by atoms with E-state index in [1.54, 1.807) is 11.0 Å². The molecule has 1 aliphatic heterocycles. The largest absolute Gasteiger partial charge is 0.494 e. The molecule has 0 atom stereocenters. The molecule has 0 saturated carbocycles. The fourth-order valence-electron chi connectivity index (χ4n) is 2.33. The second-order valence-corrected chi connectivity index (χ2v) is 6.27. The summed E-state index contributed by atoms with van der Waals surface area (Å²) in [5, 5.41) is 0. The van der Waals surface area contributed by atoms with E-state index in [0.29, 0.717) is 26.2 Å². The van der Waals surface area contributed by atoms with Crippen LogP contribution in [0.1, 0.15) is 20.8 Å². The van der Waals surface area contributed by atoms with Crippen molar-refractivity contribution in [3.8, 4) is 5.75 Å². The zero-order valence-electron chi connectivity index (χ0n) is 13.6. The molecule has 6 heteroatoms. The smallest absolute Gasteiger partial charge is 0.410 e. The molecule has 0 bridgehead atoms. The quantitative estimate of drug-likeness (QED) is 0.842. The molecule has 1 heterocycles. The minimum absolute atomic E-state index is 0.233. The highest BCUT2D eigenvalue weighted by atomic mass is 19.1. The standard InChI is InChI=1S/C16H23FN2O3/c1-16(2,3)22-15(20)19-9-7-18(8-10-19)12-5-6-14(21-4)13(17)11-12/h5-6,11H,7-10H2,1-4H3. The van der Waals surface area contributed by atoms with Gasteiger partial charge in [-0.2, -0.15) is 0 Å². The molecule has 0 aromatic heterocycles. The first-order valence-electron chi connectivity index (χ1n) is 7.36. The maximum absolute atomic E-state index is 13.8. The lowest BCUT2D eigenvalue weighted by Gasteiger charge is -2.36. The Hall–Kier alpha value is -1.98. The first-order valence-corrected chi connectivity index (χ1v) is 7.36. The van der Waals surface area contributed by atoms with Gasteiger partial charge < -0.3 is 19.3 Å². The normalized spacial score (nSPS) is 15.7. The summed E-state index contributed by atoms with van der Waals surface area (Å²) < 4.78 is 24.0. The van der Waals surface area contributed by atoms with Gasteiger partial charge in [-0.05, 0) is 32.9 Å². The molecule has 1 saturated heterocycles. The number of anilines is 1. The van der Waals surface area contributed by atoms with Crippen LogP contribution in [0.4, 0.5) is 14.9 Å². The fourth-order valence-corrected chi connectivity index (χ4v) is 2.33. The molecule has 1 fully saturated rings. The van der Waals surface area contributed by atoms with Crippen molar-refractivity contribution in [1.29, 1.82) is 0 Å². The van der Waals surface area contributed by atoms with Crippen LogP contribution < -0.4 is 9.64 Å². The summed E-state index contributed by atoms with van der Waals surface area (Å²) in [7, 11) is 1.44. The summed E-state index contributed by atoms with van der Waals surface area (Å²) in [5.41, 5.74) is 0.301. The number of hydrogen-bond donors (Lipinski definition) is 0. The molecule has 122 valence electrons. The summed E-state index contributed by atoms with van der Waals surface area (Å²) in [6.07, 6.45) is -0.298. The van der Waals surface area contributed by atoms with Crippen molar-refractivity contribution in [2.45, 2.75) is 26.4 Å². The third-order valence-corrected chi connectivity index (χ3v) is 3.43. The summed E-state index contributed by atoms with van der Waals surface area (Å²) in [4.78, 5) is 15.7. The van der Waals surface area contributed by atoms with E-state index in [4.69, 9.17) is 9.47 Å². The van der Waals surface area contributed by atoms with Crippen molar-refractivity contribution in [2.24, 2.45) is 0 Å². The lowest BCUT2D eigenvalue weighted by atomic mass is 10.2. The Kier molecular flexibility index (Phi) is 4.78. The van der Waals surface area contributed by atoms with E-state index in [2.05, 4.69) is 0 Å². The van der Waals surface area contributed by atoms with Crippen molar-refractivity contribution in [3.05, 3.63) is 24.0 Å². The van der Waals surface area contributed by atoms with E-state index < -0.39 is 5.60 Å². The van der Waals surface area contributed by atoms with Gasteiger partial charge in [0.15, 0.2) is 11.6 Å². The highest BCUT2D eigenvalue weighted by molar-refractivity contribution is 5.68. The fraction of sp³-hybridized carbons (Fsp3) is 0.562. The summed E-state index contributed by atoms with van der Waals surface area (Å²) in [6, 6.07) is 4.90. The lowest BCUT2D eigenvalue weighted by molar-refractivity contribution is 0.0240. The van der Waals surface area contributed by atoms with Gasteiger partial charge in [-0.3, -0.25) is 0 Å². The van der Waals surface area contributed by atoms with E-state index in [-0.39, 0.29) is 17.7 Å². The monoisotopic (exact) mass is 310 g/mol. The first-order chi connectivity index (χ1) is 10.3. The highest BCUT2D eigenvalue weighted by Gasteiger charge is 2.26. The summed E-state index contributed by atoms with van der Waals surface area (Å²) in [6.45, 7) is 7.95. The number of hydrogen-bond acceptors (Lipinski definition) is 4. The minimum Gasteiger partial charge on any atom is -0.494 e. The average Bonchev–Trinajstić information content (AvgIpc) is 2.45. The maximum Gasteiger partial charge on any atom is 0.410 e. The van der Waals surface area contributed by atoms with Gasteiger partial charge in [-0.1, -0.05) is 0 Å². The molecule has 0 spiro atoms. The number of rotatable bonds is 2. The van der Waals surface area contributed by atoms with Gasteiger partial charge in [0.2, 0.25) is 0 Å². The Morgan fingerprint density at radius 1 is 1.18 bits per heavy atom. The Labute approximate surface area is 130 Å². The average molecular weight is 310 g/mol. The van der Waals surface area contributed by atoms with E-state index in [9.17, 15) is 9.18 Å². The van der Waals surface area contributed by atoms with Gasteiger partial charge in [0.25, 0.3) is 0 Å². The van der Waals surface area contributed by atoms with Crippen LogP contribution in [0.2, 0.25) is 0 Å². The highest BCUT2D eigenvalue weighted by Crippen LogP contribution is 2.24. The van der Waals surface area contributed by atoms with Gasteiger partial charge in [-0.15, -0.1) is 0 Å². The van der Waals surface area contributed by atoms with Crippen molar-refractivity contribution in [3.63, 3.8) is 0 Å². The maximum atomic E-state index is 13.8. The van der Waals surface area contributed by atoms with Gasteiger partial charge in [0.05, 0.1) is 7.11 Å². The number of halogens is 1. The molecule has 5 nitrogen and oxygen atoms in total. The van der Waals surface area contributed by atoms with Crippen molar-refractivity contribution in [2.75, 3.05) is 38.2 Å². The topological polar surface area (TPSA) is 42.0 Å². The zero-order valence-corrected chi connectivity index (χ0v) is 13.6. The molecule has 0 unspecified atom stereocenters. The zero-order chi connectivity index (χ0) is 16.3. The number of ether oxygens (including phenoxy) is 2. The molecule has 2 rings (SSSR count). The molecule has 0 N–H and O–H groups in total. The van der Waals surface area contributed by atoms with Crippen molar-refractivity contribution < 1.29 is 18.7 Å². The van der Waals surface area contributed by atoms with E-state index in [0.717, 1.165) is 5.69 Å². The molecular formula is C16H23FN2O3. The molecule has 1 aliphatic rings. The predicted molar refractivity (Wildman–Crippen MR) is 83.0 cm³/mol. The molecular weight excluding hydrogens is 287 g/mol.